The standard InChI is InChI=1S/C20H23N3O7S/c1-26-13-5-7-14(8-6-13)30-11-17(24)21-20(31)23-22-19(25)12-9-15(27-2)18(29-4)16(10-12)28-3/h5-10H,11H2,1-4H3,(H,22,25)(H2,21,23,24,31). The van der Waals surface area contributed by atoms with Crippen molar-refractivity contribution in [3.8, 4) is 28.7 Å². The summed E-state index contributed by atoms with van der Waals surface area (Å²) in [5.41, 5.74) is 5.04. The van der Waals surface area contributed by atoms with Gasteiger partial charge in [0.2, 0.25) is 5.75 Å². The first kappa shape index (κ1) is 23.5. The Hall–Kier alpha value is -3.73. The smallest absolute Gasteiger partial charge is 0.269 e. The van der Waals surface area contributed by atoms with Gasteiger partial charge in [0.15, 0.2) is 23.2 Å². The summed E-state index contributed by atoms with van der Waals surface area (Å²) < 4.78 is 26.0. The number of carbonyl (C=O) groups is 2. The van der Waals surface area contributed by atoms with E-state index in [0.717, 1.165) is 0 Å². The van der Waals surface area contributed by atoms with E-state index < -0.39 is 11.8 Å². The molecule has 0 radical (unpaired) electrons. The van der Waals surface area contributed by atoms with Crippen molar-refractivity contribution in [3.05, 3.63) is 42.0 Å². The molecule has 0 aliphatic rings. The number of carbonyl (C=O) groups excluding carboxylic acids is 2. The Balaban J connectivity index is 1.86. The average Bonchev–Trinajstić information content (AvgIpc) is 2.80. The number of hydrogen-bond donors (Lipinski definition) is 3. The third-order valence-corrected chi connectivity index (χ3v) is 4.10. The molecule has 3 N–H and O–H groups in total. The minimum absolute atomic E-state index is 0.107. The number of thiocarbonyl (C=S) groups is 1. The average molecular weight is 449 g/mol. The second-order valence-corrected chi connectivity index (χ2v) is 6.24. The van der Waals surface area contributed by atoms with Gasteiger partial charge in [0.25, 0.3) is 11.8 Å². The van der Waals surface area contributed by atoms with Gasteiger partial charge in [-0.25, -0.2) is 0 Å². The fraction of sp³-hybridized carbons (Fsp3) is 0.250. The van der Waals surface area contributed by atoms with Crippen LogP contribution < -0.4 is 39.9 Å². The molecule has 0 atom stereocenters. The SMILES string of the molecule is COc1ccc(OCC(=O)NC(=S)NNC(=O)c2cc(OC)c(OC)c(OC)c2)cc1. The quantitative estimate of drug-likeness (QED) is 0.407. The van der Waals surface area contributed by atoms with Crippen LogP contribution in [0.2, 0.25) is 0 Å². The van der Waals surface area contributed by atoms with E-state index in [1.54, 1.807) is 31.4 Å². The van der Waals surface area contributed by atoms with Crippen molar-refractivity contribution in [1.82, 2.24) is 16.2 Å². The van der Waals surface area contributed by atoms with Gasteiger partial charge in [-0.15, -0.1) is 0 Å². The van der Waals surface area contributed by atoms with Gasteiger partial charge in [0.05, 0.1) is 28.4 Å². The zero-order valence-corrected chi connectivity index (χ0v) is 18.3. The van der Waals surface area contributed by atoms with Crippen molar-refractivity contribution >= 4 is 29.1 Å². The molecule has 0 spiro atoms. The molecule has 0 aliphatic carbocycles. The maximum atomic E-state index is 12.4. The van der Waals surface area contributed by atoms with Crippen molar-refractivity contribution in [2.75, 3.05) is 35.0 Å². The Morgan fingerprint density at radius 2 is 1.42 bits per heavy atom. The number of methoxy groups -OCH3 is 4. The maximum absolute atomic E-state index is 12.4. The lowest BCUT2D eigenvalue weighted by molar-refractivity contribution is -0.121. The summed E-state index contributed by atoms with van der Waals surface area (Å²) in [4.78, 5) is 24.4. The molecule has 0 aromatic heterocycles. The summed E-state index contributed by atoms with van der Waals surface area (Å²) >= 11 is 5.00. The van der Waals surface area contributed by atoms with Crippen molar-refractivity contribution in [3.63, 3.8) is 0 Å². The van der Waals surface area contributed by atoms with Gasteiger partial charge in [-0.1, -0.05) is 0 Å². The van der Waals surface area contributed by atoms with E-state index in [4.69, 9.17) is 35.9 Å². The third-order valence-electron chi connectivity index (χ3n) is 3.90. The zero-order valence-electron chi connectivity index (χ0n) is 17.4. The monoisotopic (exact) mass is 449 g/mol. The Bertz CT molecular complexity index is 910. The molecule has 0 fully saturated rings. The Kier molecular flexibility index (Phi) is 8.70. The van der Waals surface area contributed by atoms with Crippen molar-refractivity contribution in [1.29, 1.82) is 0 Å². The highest BCUT2D eigenvalue weighted by Crippen LogP contribution is 2.38. The summed E-state index contributed by atoms with van der Waals surface area (Å²) in [6.07, 6.45) is 0. The zero-order chi connectivity index (χ0) is 22.8. The minimum Gasteiger partial charge on any atom is -0.497 e. The molecule has 31 heavy (non-hydrogen) atoms. The lowest BCUT2D eigenvalue weighted by atomic mass is 10.1. The number of amides is 2. The van der Waals surface area contributed by atoms with Crippen molar-refractivity contribution in [2.24, 2.45) is 0 Å². The van der Waals surface area contributed by atoms with Crippen LogP contribution >= 0.6 is 12.2 Å². The molecule has 2 aromatic carbocycles. The van der Waals surface area contributed by atoms with Crippen molar-refractivity contribution in [2.45, 2.75) is 0 Å². The van der Waals surface area contributed by atoms with Crippen LogP contribution in [0.4, 0.5) is 0 Å². The highest BCUT2D eigenvalue weighted by atomic mass is 32.1. The van der Waals surface area contributed by atoms with E-state index in [-0.39, 0.29) is 17.3 Å². The summed E-state index contributed by atoms with van der Waals surface area (Å²) in [5.74, 6) is 1.11. The molecule has 0 unspecified atom stereocenters. The largest absolute Gasteiger partial charge is 0.497 e. The number of nitrogens with one attached hydrogen (secondary N) is 3. The summed E-state index contributed by atoms with van der Waals surface area (Å²) in [7, 11) is 5.89. The van der Waals surface area contributed by atoms with Gasteiger partial charge in [-0.2, -0.15) is 0 Å². The van der Waals surface area contributed by atoms with Gasteiger partial charge in [-0.05, 0) is 48.6 Å². The molecule has 0 saturated carbocycles. The number of hydrogen-bond acceptors (Lipinski definition) is 8. The number of ether oxygens (including phenoxy) is 5. The fourth-order valence-corrected chi connectivity index (χ4v) is 2.58. The van der Waals surface area contributed by atoms with Crippen LogP contribution in [0.1, 0.15) is 10.4 Å². The molecule has 2 amide bonds. The molecule has 11 heteroatoms. The normalized spacial score (nSPS) is 9.81. The van der Waals surface area contributed by atoms with Crippen LogP contribution in [-0.2, 0) is 4.79 Å². The van der Waals surface area contributed by atoms with Crippen LogP contribution in [0.3, 0.4) is 0 Å². The number of benzene rings is 2. The highest BCUT2D eigenvalue weighted by Gasteiger charge is 2.17. The molecule has 0 bridgehead atoms. The third kappa shape index (κ3) is 6.64. The molecule has 0 saturated heterocycles. The van der Waals surface area contributed by atoms with Crippen LogP contribution in [0, 0.1) is 0 Å². The Morgan fingerprint density at radius 1 is 0.839 bits per heavy atom. The van der Waals surface area contributed by atoms with Gasteiger partial charge in [0.1, 0.15) is 11.5 Å². The first-order valence-electron chi connectivity index (χ1n) is 8.88. The molecule has 10 nitrogen and oxygen atoms in total. The molecular formula is C20H23N3O7S. The maximum Gasteiger partial charge on any atom is 0.269 e. The van der Waals surface area contributed by atoms with Crippen LogP contribution in [-0.4, -0.2) is 52.0 Å². The lowest BCUT2D eigenvalue weighted by Gasteiger charge is -2.15. The minimum atomic E-state index is -0.537. The molecule has 2 rings (SSSR count). The summed E-state index contributed by atoms with van der Waals surface area (Å²) in [6.45, 7) is -0.269. The van der Waals surface area contributed by atoms with E-state index in [1.165, 1.54) is 33.5 Å². The van der Waals surface area contributed by atoms with Gasteiger partial charge >= 0.3 is 0 Å². The summed E-state index contributed by atoms with van der Waals surface area (Å²) in [5, 5.41) is 2.28. The Morgan fingerprint density at radius 3 is 1.94 bits per heavy atom. The van der Waals surface area contributed by atoms with Crippen LogP contribution in [0.5, 0.6) is 28.7 Å². The lowest BCUT2D eigenvalue weighted by Crippen LogP contribution is -2.49. The molecule has 0 aliphatic heterocycles. The fourth-order valence-electron chi connectivity index (χ4n) is 2.41. The first-order chi connectivity index (χ1) is 14.9. The Labute approximate surface area is 184 Å². The predicted molar refractivity (Wildman–Crippen MR) is 116 cm³/mol. The van der Waals surface area contributed by atoms with Crippen LogP contribution in [0.15, 0.2) is 36.4 Å². The second kappa shape index (κ2) is 11.5. The topological polar surface area (TPSA) is 116 Å². The molecule has 0 heterocycles. The molecule has 2 aromatic rings. The summed E-state index contributed by atoms with van der Waals surface area (Å²) in [6, 6.07) is 9.70. The van der Waals surface area contributed by atoms with E-state index in [2.05, 4.69) is 16.2 Å². The van der Waals surface area contributed by atoms with E-state index in [0.29, 0.717) is 28.7 Å². The second-order valence-electron chi connectivity index (χ2n) is 5.83. The predicted octanol–water partition coefficient (Wildman–Crippen LogP) is 1.44. The van der Waals surface area contributed by atoms with Gasteiger partial charge in [0, 0.05) is 5.56 Å². The van der Waals surface area contributed by atoms with Crippen molar-refractivity contribution < 1.29 is 33.3 Å². The molecule has 166 valence electrons. The number of rotatable bonds is 8. The molecular weight excluding hydrogens is 426 g/mol. The van der Waals surface area contributed by atoms with Gasteiger partial charge < -0.3 is 23.7 Å². The van der Waals surface area contributed by atoms with Gasteiger partial charge in [-0.3, -0.25) is 25.8 Å². The van der Waals surface area contributed by atoms with E-state index >= 15 is 0 Å². The number of hydrazine groups is 1. The highest BCUT2D eigenvalue weighted by molar-refractivity contribution is 7.80. The van der Waals surface area contributed by atoms with Crippen LogP contribution in [0.25, 0.3) is 0 Å². The van der Waals surface area contributed by atoms with E-state index in [1.807, 2.05) is 0 Å². The first-order valence-corrected chi connectivity index (χ1v) is 9.29. The van der Waals surface area contributed by atoms with E-state index in [9.17, 15) is 9.59 Å².